The molecule has 0 spiro atoms. The molecule has 1 aliphatic heterocycles. The molecule has 49 heavy (non-hydrogen) atoms. The van der Waals surface area contributed by atoms with Crippen molar-refractivity contribution < 1.29 is 29.0 Å². The van der Waals surface area contributed by atoms with E-state index in [1.54, 1.807) is 32.4 Å². The largest absolute Gasteiger partial charge is 0.497 e. The molecule has 0 aromatic heterocycles. The van der Waals surface area contributed by atoms with Crippen LogP contribution < -0.4 is 9.47 Å². The Morgan fingerprint density at radius 3 is 1.94 bits per heavy atom. The van der Waals surface area contributed by atoms with Crippen molar-refractivity contribution in [3.05, 3.63) is 131 Å². The molecule has 0 bridgehead atoms. The van der Waals surface area contributed by atoms with Gasteiger partial charge in [0.25, 0.3) is 0 Å². The van der Waals surface area contributed by atoms with Crippen LogP contribution in [0.4, 0.5) is 0 Å². The second-order valence-corrected chi connectivity index (χ2v) is 13.9. The first-order valence-corrected chi connectivity index (χ1v) is 17.7. The third-order valence-electron chi connectivity index (χ3n) is 11.8. The van der Waals surface area contributed by atoms with Gasteiger partial charge in [0, 0.05) is 35.5 Å². The van der Waals surface area contributed by atoms with Crippen LogP contribution in [0.5, 0.6) is 11.5 Å². The van der Waals surface area contributed by atoms with E-state index in [1.807, 2.05) is 47.4 Å². The maximum Gasteiger partial charge on any atom is 0.228 e. The van der Waals surface area contributed by atoms with Gasteiger partial charge in [0.05, 0.1) is 46.4 Å². The van der Waals surface area contributed by atoms with Crippen molar-refractivity contribution in [3.63, 3.8) is 0 Å². The molecule has 0 radical (unpaired) electrons. The summed E-state index contributed by atoms with van der Waals surface area (Å²) in [5.41, 5.74) is 1.54. The summed E-state index contributed by atoms with van der Waals surface area (Å²) in [5, 5.41) is 25.4. The zero-order valence-electron chi connectivity index (χ0n) is 29.3. The Kier molecular flexibility index (Phi) is 10.2. The van der Waals surface area contributed by atoms with Crippen LogP contribution in [0.15, 0.2) is 109 Å². The lowest BCUT2D eigenvalue weighted by molar-refractivity contribution is -0.937. The standard InChI is InChI=1S/C42H51N2O5/c1-5-44(6-2,30-31-16-10-7-11-17-31)25-24-40(46)43-28-36-37(29-43)42(47,35-26-34(48-3)22-23-38(35)49-4)39(45)27-41(36,32-18-12-8-13-19-32)33-20-14-9-15-21-33/h7-23,26,36-37,39,45,47H,5-6,24-25,27-30H2,1-4H3/q+1/t36-,37+,39-,42+/m1/s1. The molecule has 1 amide bonds. The third kappa shape index (κ3) is 6.24. The first-order chi connectivity index (χ1) is 23.7. The highest BCUT2D eigenvalue weighted by Gasteiger charge is 2.65. The maximum absolute atomic E-state index is 14.4. The second-order valence-electron chi connectivity index (χ2n) is 13.9. The average molecular weight is 664 g/mol. The molecule has 0 unspecified atom stereocenters. The number of quaternary nitrogens is 1. The fourth-order valence-electron chi connectivity index (χ4n) is 8.92. The van der Waals surface area contributed by atoms with Crippen molar-refractivity contribution in [1.29, 1.82) is 0 Å². The molecule has 2 fully saturated rings. The van der Waals surface area contributed by atoms with Gasteiger partial charge in [-0.3, -0.25) is 4.79 Å². The summed E-state index contributed by atoms with van der Waals surface area (Å²) in [6.07, 6.45) is -0.495. The van der Waals surface area contributed by atoms with Crippen molar-refractivity contribution in [1.82, 2.24) is 4.90 Å². The zero-order valence-corrected chi connectivity index (χ0v) is 29.3. The number of hydrogen-bond donors (Lipinski definition) is 2. The fourth-order valence-corrected chi connectivity index (χ4v) is 8.92. The molecule has 1 aliphatic carbocycles. The Balaban J connectivity index is 1.42. The summed E-state index contributed by atoms with van der Waals surface area (Å²) in [7, 11) is 3.16. The quantitative estimate of drug-likeness (QED) is 0.178. The molecule has 1 heterocycles. The summed E-state index contributed by atoms with van der Waals surface area (Å²) < 4.78 is 12.2. The average Bonchev–Trinajstić information content (AvgIpc) is 3.63. The molecule has 1 saturated heterocycles. The van der Waals surface area contributed by atoms with E-state index in [4.69, 9.17) is 9.47 Å². The van der Waals surface area contributed by atoms with Gasteiger partial charge >= 0.3 is 0 Å². The Morgan fingerprint density at radius 1 is 0.816 bits per heavy atom. The van der Waals surface area contributed by atoms with Crippen molar-refractivity contribution in [2.75, 3.05) is 46.9 Å². The molecular weight excluding hydrogens is 612 g/mol. The first kappa shape index (κ1) is 34.7. The second kappa shape index (κ2) is 14.4. The summed E-state index contributed by atoms with van der Waals surface area (Å²) >= 11 is 0. The van der Waals surface area contributed by atoms with Crippen LogP contribution in [-0.2, 0) is 22.4 Å². The highest BCUT2D eigenvalue weighted by molar-refractivity contribution is 5.77. The number of rotatable bonds is 12. The van der Waals surface area contributed by atoms with Crippen LogP contribution >= 0.6 is 0 Å². The summed E-state index contributed by atoms with van der Waals surface area (Å²) in [6, 6.07) is 36.5. The van der Waals surface area contributed by atoms with E-state index in [1.165, 1.54) is 5.56 Å². The number of benzene rings is 4. The number of hydrogen-bond acceptors (Lipinski definition) is 5. The van der Waals surface area contributed by atoms with Gasteiger partial charge in [0.2, 0.25) is 5.91 Å². The monoisotopic (exact) mass is 663 g/mol. The van der Waals surface area contributed by atoms with Crippen molar-refractivity contribution >= 4 is 5.91 Å². The van der Waals surface area contributed by atoms with Gasteiger partial charge in [-0.05, 0) is 55.5 Å². The molecule has 4 aromatic rings. The van der Waals surface area contributed by atoms with E-state index in [0.717, 1.165) is 41.8 Å². The Hall–Kier alpha value is -4.17. The van der Waals surface area contributed by atoms with E-state index in [-0.39, 0.29) is 18.2 Å². The van der Waals surface area contributed by atoms with Gasteiger partial charge in [-0.15, -0.1) is 0 Å². The molecule has 4 atom stereocenters. The Labute approximate surface area is 291 Å². The van der Waals surface area contributed by atoms with Gasteiger partial charge in [-0.25, -0.2) is 0 Å². The number of carbonyl (C=O) groups is 1. The topological polar surface area (TPSA) is 79.2 Å². The van der Waals surface area contributed by atoms with E-state index in [2.05, 4.69) is 62.4 Å². The molecule has 1 saturated carbocycles. The summed E-state index contributed by atoms with van der Waals surface area (Å²) in [4.78, 5) is 16.3. The van der Waals surface area contributed by atoms with Crippen molar-refractivity contribution in [2.45, 2.75) is 50.4 Å². The molecule has 7 heteroatoms. The highest BCUT2D eigenvalue weighted by atomic mass is 16.5. The van der Waals surface area contributed by atoms with Crippen LogP contribution in [0.1, 0.15) is 48.9 Å². The number of amides is 1. The highest BCUT2D eigenvalue weighted by Crippen LogP contribution is 2.60. The van der Waals surface area contributed by atoms with Gasteiger partial charge in [0.1, 0.15) is 23.6 Å². The number of fused-ring (bicyclic) bond motifs is 1. The van der Waals surface area contributed by atoms with Crippen molar-refractivity contribution in [3.8, 4) is 11.5 Å². The van der Waals surface area contributed by atoms with Crippen molar-refractivity contribution in [2.24, 2.45) is 11.8 Å². The van der Waals surface area contributed by atoms with E-state index < -0.39 is 23.0 Å². The predicted molar refractivity (Wildman–Crippen MR) is 192 cm³/mol. The van der Waals surface area contributed by atoms with Crippen LogP contribution in [0.25, 0.3) is 0 Å². The minimum atomic E-state index is -1.70. The van der Waals surface area contributed by atoms with E-state index in [9.17, 15) is 15.0 Å². The number of nitrogens with zero attached hydrogens (tertiary/aromatic N) is 2. The predicted octanol–water partition coefficient (Wildman–Crippen LogP) is 6.16. The first-order valence-electron chi connectivity index (χ1n) is 17.7. The Bertz CT molecular complexity index is 1650. The third-order valence-corrected chi connectivity index (χ3v) is 11.8. The lowest BCUT2D eigenvalue weighted by atomic mass is 9.51. The van der Waals surface area contributed by atoms with E-state index in [0.29, 0.717) is 36.6 Å². The molecule has 6 rings (SSSR count). The number of likely N-dealkylation sites (tertiary alicyclic amines) is 1. The van der Waals surface area contributed by atoms with Crippen LogP contribution in [0.2, 0.25) is 0 Å². The van der Waals surface area contributed by atoms with Crippen LogP contribution in [0.3, 0.4) is 0 Å². The smallest absolute Gasteiger partial charge is 0.228 e. The molecule has 7 nitrogen and oxygen atoms in total. The van der Waals surface area contributed by atoms with Gasteiger partial charge < -0.3 is 29.1 Å². The molecule has 2 aliphatic rings. The Morgan fingerprint density at radius 2 is 1.39 bits per heavy atom. The molecule has 4 aromatic carbocycles. The lowest BCUT2D eigenvalue weighted by Crippen LogP contribution is -2.60. The molecule has 258 valence electrons. The van der Waals surface area contributed by atoms with Gasteiger partial charge in [0.15, 0.2) is 0 Å². The number of methoxy groups -OCH3 is 2. The molecular formula is C42H51N2O5+. The number of carbonyl (C=O) groups excluding carboxylic acids is 1. The van der Waals surface area contributed by atoms with Gasteiger partial charge in [-0.1, -0.05) is 91.0 Å². The number of ether oxygens (including phenoxy) is 2. The number of aliphatic hydroxyl groups excluding tert-OH is 1. The fraction of sp³-hybridized carbons (Fsp3) is 0.405. The van der Waals surface area contributed by atoms with E-state index >= 15 is 0 Å². The lowest BCUT2D eigenvalue weighted by Gasteiger charge is -2.55. The minimum Gasteiger partial charge on any atom is -0.497 e. The maximum atomic E-state index is 14.4. The SMILES string of the molecule is CC[N+](CC)(CCC(=O)N1C[C@@H]2[C@H](C1)[C@@](O)(c1cc(OC)ccc1OC)[C@H](O)CC2(c1ccccc1)c1ccccc1)Cc1ccccc1. The molecule has 2 N–H and O–H groups in total. The summed E-state index contributed by atoms with van der Waals surface area (Å²) in [5.74, 6) is 0.422. The van der Waals surface area contributed by atoms with Crippen LogP contribution in [0, 0.1) is 11.8 Å². The number of aliphatic hydroxyl groups is 2. The summed E-state index contributed by atoms with van der Waals surface area (Å²) in [6.45, 7) is 8.65. The normalized spacial score (nSPS) is 23.1. The van der Waals surface area contributed by atoms with Crippen LogP contribution in [-0.4, -0.2) is 78.6 Å². The zero-order chi connectivity index (χ0) is 34.6. The van der Waals surface area contributed by atoms with Gasteiger partial charge in [-0.2, -0.15) is 0 Å². The minimum absolute atomic E-state index is 0.0799.